The Balaban J connectivity index is 2.91. The highest BCUT2D eigenvalue weighted by Gasteiger charge is 1.98. The molecule has 0 aliphatic rings. The molecule has 0 amide bonds. The molecule has 0 saturated heterocycles. The molecule has 0 bridgehead atoms. The van der Waals surface area contributed by atoms with Gasteiger partial charge in [-0.25, -0.2) is 0 Å². The molecule has 0 fully saturated rings. The quantitative estimate of drug-likeness (QED) is 0.681. The summed E-state index contributed by atoms with van der Waals surface area (Å²) in [4.78, 5) is 10.5. The normalized spacial score (nSPS) is 12.4. The maximum absolute atomic E-state index is 10.8. The first-order valence-electron chi connectivity index (χ1n) is 3.70. The van der Waals surface area contributed by atoms with Crippen LogP contribution < -0.4 is 5.11 Å². The van der Waals surface area contributed by atoms with Gasteiger partial charge in [0.1, 0.15) is 0 Å². The molecule has 13 heavy (non-hydrogen) atoms. The van der Waals surface area contributed by atoms with Crippen LogP contribution in [-0.2, 0) is 16.6 Å². The zero-order valence-corrected chi connectivity index (χ0v) is 7.97. The van der Waals surface area contributed by atoms with Crippen LogP contribution in [-0.4, -0.2) is 16.4 Å². The summed E-state index contributed by atoms with van der Waals surface area (Å²) in [5.41, 5.74) is 0.880. The van der Waals surface area contributed by atoms with Crippen molar-refractivity contribution in [3.05, 3.63) is 35.4 Å². The van der Waals surface area contributed by atoms with Crippen LogP contribution in [0.25, 0.3) is 0 Å². The fourth-order valence-corrected chi connectivity index (χ4v) is 1.67. The molecule has 4 heteroatoms. The van der Waals surface area contributed by atoms with Gasteiger partial charge in [-0.1, -0.05) is 18.2 Å². The molecule has 3 nitrogen and oxygen atoms in total. The lowest BCUT2D eigenvalue weighted by molar-refractivity contribution is -0.255. The van der Waals surface area contributed by atoms with Gasteiger partial charge in [-0.2, -0.15) is 0 Å². The Labute approximate surface area is 78.9 Å². The van der Waals surface area contributed by atoms with Crippen molar-refractivity contribution in [2.24, 2.45) is 0 Å². The largest absolute Gasteiger partial charge is 0.545 e. The summed E-state index contributed by atoms with van der Waals surface area (Å²) in [6.07, 6.45) is 1.58. The van der Waals surface area contributed by atoms with E-state index in [4.69, 9.17) is 0 Å². The number of carboxylic acids is 1. The highest BCUT2D eigenvalue weighted by atomic mass is 32.2. The van der Waals surface area contributed by atoms with E-state index >= 15 is 0 Å². The average molecular weight is 197 g/mol. The molecule has 1 aromatic rings. The summed E-state index contributed by atoms with van der Waals surface area (Å²) in [6.45, 7) is 0. The lowest BCUT2D eigenvalue weighted by atomic mass is 10.1. The summed E-state index contributed by atoms with van der Waals surface area (Å²) < 4.78 is 10.8. The molecule has 0 aromatic heterocycles. The van der Waals surface area contributed by atoms with Crippen LogP contribution in [0.2, 0.25) is 0 Å². The smallest absolute Gasteiger partial charge is 0.0715 e. The summed E-state index contributed by atoms with van der Waals surface area (Å²) in [7, 11) is -0.951. The molecule has 1 aromatic carbocycles. The molecule has 1 rings (SSSR count). The predicted octanol–water partition coefficient (Wildman–Crippen LogP) is -0.0714. The van der Waals surface area contributed by atoms with Gasteiger partial charge in [-0.3, -0.25) is 4.21 Å². The number of carbonyl (C=O) groups excluding carboxylic acids is 1. The lowest BCUT2D eigenvalue weighted by Crippen LogP contribution is -2.22. The van der Waals surface area contributed by atoms with E-state index in [9.17, 15) is 14.1 Å². The van der Waals surface area contributed by atoms with Crippen LogP contribution in [0.1, 0.15) is 15.9 Å². The lowest BCUT2D eigenvalue weighted by Gasteiger charge is -2.04. The van der Waals surface area contributed by atoms with Crippen molar-refractivity contribution in [3.8, 4) is 0 Å². The zero-order chi connectivity index (χ0) is 9.84. The predicted molar refractivity (Wildman–Crippen MR) is 48.5 cm³/mol. The van der Waals surface area contributed by atoms with Gasteiger partial charge in [0.25, 0.3) is 0 Å². The molecule has 0 saturated carbocycles. The number of aromatic carboxylic acids is 1. The Morgan fingerprint density at radius 1 is 1.54 bits per heavy atom. The van der Waals surface area contributed by atoms with Crippen LogP contribution in [0, 0.1) is 0 Å². The average Bonchev–Trinajstić information content (AvgIpc) is 2.03. The van der Waals surface area contributed by atoms with Crippen molar-refractivity contribution in [1.82, 2.24) is 0 Å². The molecule has 0 unspecified atom stereocenters. The second-order valence-electron chi connectivity index (χ2n) is 2.71. The molecule has 1 atom stereocenters. The van der Waals surface area contributed by atoms with E-state index in [1.54, 1.807) is 18.4 Å². The van der Waals surface area contributed by atoms with E-state index in [1.165, 1.54) is 12.1 Å². The first-order valence-corrected chi connectivity index (χ1v) is 5.42. The van der Waals surface area contributed by atoms with Gasteiger partial charge in [0, 0.05) is 22.8 Å². The molecule has 0 heterocycles. The van der Waals surface area contributed by atoms with E-state index in [2.05, 4.69) is 0 Å². The van der Waals surface area contributed by atoms with Gasteiger partial charge < -0.3 is 9.90 Å². The summed E-state index contributed by atoms with van der Waals surface area (Å²) in [5, 5.41) is 10.5. The number of hydrogen-bond acceptors (Lipinski definition) is 3. The third-order valence-electron chi connectivity index (χ3n) is 1.53. The second kappa shape index (κ2) is 4.18. The van der Waals surface area contributed by atoms with Crippen LogP contribution in [0.4, 0.5) is 0 Å². The van der Waals surface area contributed by atoms with Crippen LogP contribution in [0.3, 0.4) is 0 Å². The molecule has 70 valence electrons. The van der Waals surface area contributed by atoms with Crippen LogP contribution in [0.5, 0.6) is 0 Å². The molecule has 0 N–H and O–H groups in total. The summed E-state index contributed by atoms with van der Waals surface area (Å²) >= 11 is 0. The van der Waals surface area contributed by atoms with Crippen molar-refractivity contribution in [2.45, 2.75) is 5.75 Å². The standard InChI is InChI=1S/C9H10O3S/c1-13(12)6-7-3-2-4-8(5-7)9(10)11/h2-5H,6H2,1H3,(H,10,11)/p-1/t13-/m0/s1. The summed E-state index contributed by atoms with van der Waals surface area (Å²) in [5.74, 6) is -0.829. The summed E-state index contributed by atoms with van der Waals surface area (Å²) in [6, 6.07) is 6.30. The zero-order valence-electron chi connectivity index (χ0n) is 7.15. The fourth-order valence-electron chi connectivity index (χ4n) is 1.02. The van der Waals surface area contributed by atoms with Gasteiger partial charge in [-0.05, 0) is 17.2 Å². The van der Waals surface area contributed by atoms with E-state index in [0.717, 1.165) is 5.56 Å². The van der Waals surface area contributed by atoms with E-state index < -0.39 is 16.8 Å². The topological polar surface area (TPSA) is 57.2 Å². The monoisotopic (exact) mass is 197 g/mol. The molecule has 0 spiro atoms. The number of benzene rings is 1. The van der Waals surface area contributed by atoms with Crippen molar-refractivity contribution in [1.29, 1.82) is 0 Å². The van der Waals surface area contributed by atoms with Crippen molar-refractivity contribution in [3.63, 3.8) is 0 Å². The first-order chi connectivity index (χ1) is 6.09. The van der Waals surface area contributed by atoms with Gasteiger partial charge in [0.05, 0.1) is 5.97 Å². The van der Waals surface area contributed by atoms with E-state index in [-0.39, 0.29) is 5.56 Å². The van der Waals surface area contributed by atoms with E-state index in [1.807, 2.05) is 0 Å². The molecule has 0 aliphatic carbocycles. The minimum atomic E-state index is -1.20. The van der Waals surface area contributed by atoms with Gasteiger partial charge in [-0.15, -0.1) is 0 Å². The van der Waals surface area contributed by atoms with Crippen molar-refractivity contribution < 1.29 is 14.1 Å². The minimum absolute atomic E-state index is 0.128. The van der Waals surface area contributed by atoms with Gasteiger partial charge in [0.15, 0.2) is 0 Å². The Bertz CT molecular complexity index is 346. The highest BCUT2D eigenvalue weighted by Crippen LogP contribution is 2.06. The Hall–Kier alpha value is -1.16. The van der Waals surface area contributed by atoms with Gasteiger partial charge >= 0.3 is 0 Å². The first kappa shape index (κ1) is 9.92. The van der Waals surface area contributed by atoms with Gasteiger partial charge in [0.2, 0.25) is 0 Å². The Morgan fingerprint density at radius 3 is 2.77 bits per heavy atom. The van der Waals surface area contributed by atoms with Crippen LogP contribution >= 0.6 is 0 Å². The molecular weight excluding hydrogens is 188 g/mol. The maximum atomic E-state index is 10.8. The number of carbonyl (C=O) groups is 1. The minimum Gasteiger partial charge on any atom is -0.545 e. The fraction of sp³-hybridized carbons (Fsp3) is 0.222. The SMILES string of the molecule is C[S@](=O)Cc1cccc(C(=O)[O-])c1. The maximum Gasteiger partial charge on any atom is 0.0715 e. The Morgan fingerprint density at radius 2 is 2.23 bits per heavy atom. The molecule has 0 aliphatic heterocycles. The molecular formula is C9H9O3S-. The third kappa shape index (κ3) is 2.99. The number of hydrogen-bond donors (Lipinski definition) is 0. The number of carboxylic acid groups (broad SMARTS) is 1. The van der Waals surface area contributed by atoms with E-state index in [0.29, 0.717) is 5.75 Å². The number of rotatable bonds is 3. The third-order valence-corrected chi connectivity index (χ3v) is 2.27. The highest BCUT2D eigenvalue weighted by molar-refractivity contribution is 7.83. The van der Waals surface area contributed by atoms with Crippen LogP contribution in [0.15, 0.2) is 24.3 Å². The van der Waals surface area contributed by atoms with Crippen molar-refractivity contribution in [2.75, 3.05) is 6.26 Å². The van der Waals surface area contributed by atoms with Crippen molar-refractivity contribution >= 4 is 16.8 Å². The second-order valence-corrected chi connectivity index (χ2v) is 4.14. The Kier molecular flexibility index (Phi) is 3.19. The molecule has 0 radical (unpaired) electrons.